The summed E-state index contributed by atoms with van der Waals surface area (Å²) in [6.45, 7) is 10.9. The molecule has 1 aliphatic heterocycles. The third-order valence-electron chi connectivity index (χ3n) is 2.93. The first kappa shape index (κ1) is 16.4. The van der Waals surface area contributed by atoms with Gasteiger partial charge in [-0.25, -0.2) is 4.99 Å². The van der Waals surface area contributed by atoms with Gasteiger partial charge in [0.2, 0.25) is 0 Å². The Morgan fingerprint density at radius 3 is 2.06 bits per heavy atom. The van der Waals surface area contributed by atoms with Crippen LogP contribution in [0.1, 0.15) is 54.9 Å². The Morgan fingerprint density at radius 2 is 1.76 bits per heavy atom. The molecule has 1 atom stereocenters. The minimum Gasteiger partial charge on any atom is -0.479 e. The molecule has 3 heteroatoms. The van der Waals surface area contributed by atoms with Crippen molar-refractivity contribution >= 4 is 5.90 Å². The molecule has 102 valence electrons. The molecule has 0 spiro atoms. The Morgan fingerprint density at radius 1 is 1.29 bits per heavy atom. The van der Waals surface area contributed by atoms with Gasteiger partial charge in [0.15, 0.2) is 5.90 Å². The molecule has 0 radical (unpaired) electrons. The average Bonchev–Trinajstić information content (AvgIpc) is 2.48. The van der Waals surface area contributed by atoms with E-state index in [-0.39, 0.29) is 13.5 Å². The first-order chi connectivity index (χ1) is 7.33. The van der Waals surface area contributed by atoms with Crippen molar-refractivity contribution in [1.82, 2.24) is 0 Å². The van der Waals surface area contributed by atoms with Crippen molar-refractivity contribution in [3.05, 3.63) is 0 Å². The molecular weight excluding hydrogens is 214 g/mol. The lowest BCUT2D eigenvalue weighted by Gasteiger charge is -2.34. The molecule has 1 heterocycles. The summed E-state index contributed by atoms with van der Waals surface area (Å²) in [4.78, 5) is 4.41. The van der Waals surface area contributed by atoms with E-state index in [1.807, 2.05) is 6.92 Å². The number of ether oxygens (including phenoxy) is 1. The second kappa shape index (κ2) is 6.39. The molecular formula is C14H29NO2. The lowest BCUT2D eigenvalue weighted by Crippen LogP contribution is -2.44. The Hall–Kier alpha value is -0.570. The van der Waals surface area contributed by atoms with Crippen LogP contribution in [0.15, 0.2) is 4.99 Å². The number of hydrogen-bond donors (Lipinski definition) is 1. The Labute approximate surface area is 106 Å². The fourth-order valence-electron chi connectivity index (χ4n) is 2.54. The summed E-state index contributed by atoms with van der Waals surface area (Å²) in [5, 5.41) is 10.8. The molecule has 3 nitrogen and oxygen atoms in total. The van der Waals surface area contributed by atoms with E-state index in [1.54, 1.807) is 0 Å². The van der Waals surface area contributed by atoms with Gasteiger partial charge in [-0.2, -0.15) is 0 Å². The summed E-state index contributed by atoms with van der Waals surface area (Å²) < 4.78 is 5.36. The van der Waals surface area contributed by atoms with Crippen LogP contribution in [0, 0.1) is 11.8 Å². The van der Waals surface area contributed by atoms with Crippen LogP contribution in [0.2, 0.25) is 0 Å². The topological polar surface area (TPSA) is 41.8 Å². The van der Waals surface area contributed by atoms with Gasteiger partial charge in [0, 0.05) is 6.92 Å². The van der Waals surface area contributed by atoms with Crippen LogP contribution in [0.5, 0.6) is 0 Å². The van der Waals surface area contributed by atoms with Gasteiger partial charge >= 0.3 is 0 Å². The number of nitrogens with zero attached hydrogens (tertiary/aromatic N) is 1. The molecule has 0 fully saturated rings. The number of aliphatic hydroxyl groups is 1. The van der Waals surface area contributed by atoms with Crippen LogP contribution >= 0.6 is 0 Å². The van der Waals surface area contributed by atoms with E-state index >= 15 is 0 Å². The molecule has 0 aromatic rings. The maximum absolute atomic E-state index is 10.8. The summed E-state index contributed by atoms with van der Waals surface area (Å²) in [6.07, 6.45) is 1.58. The zero-order valence-corrected chi connectivity index (χ0v) is 11.2. The smallest absolute Gasteiger partial charge is 0.180 e. The van der Waals surface area contributed by atoms with Crippen molar-refractivity contribution in [3.8, 4) is 0 Å². The number of aliphatic imine (C=N–C) groups is 1. The molecule has 0 unspecified atom stereocenters. The third-order valence-corrected chi connectivity index (χ3v) is 2.93. The Kier molecular flexibility index (Phi) is 6.17. The molecule has 1 N–H and O–H groups in total. The molecule has 0 aromatic carbocycles. The highest BCUT2D eigenvalue weighted by Gasteiger charge is 2.40. The van der Waals surface area contributed by atoms with Gasteiger partial charge in [-0.3, -0.25) is 0 Å². The van der Waals surface area contributed by atoms with Gasteiger partial charge in [0.25, 0.3) is 0 Å². The van der Waals surface area contributed by atoms with Crippen LogP contribution in [0.25, 0.3) is 0 Å². The van der Waals surface area contributed by atoms with Crippen LogP contribution in [-0.2, 0) is 4.74 Å². The second-order valence-corrected chi connectivity index (χ2v) is 5.77. The maximum Gasteiger partial charge on any atom is 0.180 e. The average molecular weight is 243 g/mol. The molecule has 0 saturated heterocycles. The van der Waals surface area contributed by atoms with Gasteiger partial charge in [-0.15, -0.1) is 0 Å². The van der Waals surface area contributed by atoms with E-state index < -0.39 is 5.60 Å². The lowest BCUT2D eigenvalue weighted by atomic mass is 9.80. The summed E-state index contributed by atoms with van der Waals surface area (Å²) in [7, 11) is 0. The standard InChI is InChI=1S/C13H25NO2.CH4/c1-9(2)6-13(15,7-10(3)4)12-8-16-11(5)14-12;/h9-10,12,15H,6-8H2,1-5H3;1H4/t12-;/m0./s1. The SMILES string of the molecule is C.CC1=N[C@H](C(O)(CC(C)C)CC(C)C)CO1. The zero-order valence-electron chi connectivity index (χ0n) is 11.2. The van der Waals surface area contributed by atoms with E-state index in [0.29, 0.717) is 24.3 Å². The molecule has 0 amide bonds. The van der Waals surface area contributed by atoms with Gasteiger partial charge in [-0.05, 0) is 24.7 Å². The Bertz CT molecular complexity index is 249. The predicted octanol–water partition coefficient (Wildman–Crippen LogP) is 3.26. The number of hydrogen-bond acceptors (Lipinski definition) is 3. The van der Waals surface area contributed by atoms with Gasteiger partial charge in [-0.1, -0.05) is 35.1 Å². The van der Waals surface area contributed by atoms with E-state index in [9.17, 15) is 5.11 Å². The predicted molar refractivity (Wildman–Crippen MR) is 73.4 cm³/mol. The highest BCUT2D eigenvalue weighted by atomic mass is 16.5. The fraction of sp³-hybridized carbons (Fsp3) is 0.929. The molecule has 1 rings (SSSR count). The normalized spacial score (nSPS) is 20.2. The van der Waals surface area contributed by atoms with Crippen LogP contribution < -0.4 is 0 Å². The van der Waals surface area contributed by atoms with Crippen LogP contribution in [0.4, 0.5) is 0 Å². The van der Waals surface area contributed by atoms with Crippen molar-refractivity contribution in [1.29, 1.82) is 0 Å². The van der Waals surface area contributed by atoms with E-state index in [2.05, 4.69) is 32.7 Å². The first-order valence-electron chi connectivity index (χ1n) is 6.23. The molecule has 17 heavy (non-hydrogen) atoms. The minimum absolute atomic E-state index is 0. The Balaban J connectivity index is 0.00000256. The molecule has 1 aliphatic rings. The quantitative estimate of drug-likeness (QED) is 0.805. The molecule has 0 aromatic heterocycles. The maximum atomic E-state index is 10.8. The van der Waals surface area contributed by atoms with Crippen molar-refractivity contribution < 1.29 is 9.84 Å². The van der Waals surface area contributed by atoms with Crippen molar-refractivity contribution in [2.75, 3.05) is 6.61 Å². The summed E-state index contributed by atoms with van der Waals surface area (Å²) in [6, 6.07) is -0.0858. The highest BCUT2D eigenvalue weighted by molar-refractivity contribution is 5.74. The van der Waals surface area contributed by atoms with E-state index in [1.165, 1.54) is 0 Å². The van der Waals surface area contributed by atoms with Gasteiger partial charge in [0.1, 0.15) is 12.6 Å². The minimum atomic E-state index is -0.708. The summed E-state index contributed by atoms with van der Waals surface area (Å²) >= 11 is 0. The third kappa shape index (κ3) is 4.66. The monoisotopic (exact) mass is 243 g/mol. The van der Waals surface area contributed by atoms with E-state index in [0.717, 1.165) is 12.8 Å². The van der Waals surface area contributed by atoms with Gasteiger partial charge in [0.05, 0.1) is 5.60 Å². The van der Waals surface area contributed by atoms with Gasteiger partial charge < -0.3 is 9.84 Å². The second-order valence-electron chi connectivity index (χ2n) is 5.77. The lowest BCUT2D eigenvalue weighted by molar-refractivity contribution is -0.0272. The largest absolute Gasteiger partial charge is 0.479 e. The molecule has 0 aliphatic carbocycles. The summed E-state index contributed by atoms with van der Waals surface area (Å²) in [5.74, 6) is 1.65. The molecule has 0 saturated carbocycles. The zero-order chi connectivity index (χ0) is 12.3. The van der Waals surface area contributed by atoms with Crippen LogP contribution in [0.3, 0.4) is 0 Å². The first-order valence-corrected chi connectivity index (χ1v) is 6.23. The van der Waals surface area contributed by atoms with Crippen molar-refractivity contribution in [2.45, 2.75) is 66.5 Å². The van der Waals surface area contributed by atoms with Crippen LogP contribution in [-0.4, -0.2) is 29.3 Å². The van der Waals surface area contributed by atoms with Crippen molar-refractivity contribution in [2.24, 2.45) is 16.8 Å². The molecule has 0 bridgehead atoms. The summed E-state index contributed by atoms with van der Waals surface area (Å²) in [5.41, 5.74) is -0.708. The van der Waals surface area contributed by atoms with E-state index in [4.69, 9.17) is 4.74 Å². The highest BCUT2D eigenvalue weighted by Crippen LogP contribution is 2.32. The fourth-order valence-corrected chi connectivity index (χ4v) is 2.54. The van der Waals surface area contributed by atoms with Crippen molar-refractivity contribution in [3.63, 3.8) is 0 Å². The number of rotatable bonds is 5.